The van der Waals surface area contributed by atoms with E-state index in [9.17, 15) is 22.0 Å². The third kappa shape index (κ3) is 2.62. The van der Waals surface area contributed by atoms with Gasteiger partial charge >= 0.3 is 6.18 Å². The normalized spacial score (nSPS) is 14.3. The summed E-state index contributed by atoms with van der Waals surface area (Å²) in [6.45, 7) is 0. The van der Waals surface area contributed by atoms with E-state index in [0.717, 1.165) is 18.3 Å². The molecule has 2 nitrogen and oxygen atoms in total. The molecule has 1 aromatic heterocycles. The van der Waals surface area contributed by atoms with E-state index < -0.39 is 29.9 Å². The SMILES string of the molecule is NC(c1cccnc1C(F)(F)F)C(F)F. The van der Waals surface area contributed by atoms with Gasteiger partial charge in [0.1, 0.15) is 5.69 Å². The Morgan fingerprint density at radius 2 is 1.87 bits per heavy atom. The van der Waals surface area contributed by atoms with Gasteiger partial charge in [0.15, 0.2) is 0 Å². The van der Waals surface area contributed by atoms with E-state index >= 15 is 0 Å². The predicted molar refractivity (Wildman–Crippen MR) is 42.2 cm³/mol. The van der Waals surface area contributed by atoms with Crippen molar-refractivity contribution >= 4 is 0 Å². The summed E-state index contributed by atoms with van der Waals surface area (Å²) in [5.74, 6) is 0. The van der Waals surface area contributed by atoms with Crippen LogP contribution in [-0.4, -0.2) is 11.4 Å². The van der Waals surface area contributed by atoms with Gasteiger partial charge in [0.25, 0.3) is 6.43 Å². The molecule has 0 aliphatic rings. The van der Waals surface area contributed by atoms with Crippen LogP contribution in [0.1, 0.15) is 17.3 Å². The number of nitrogens with two attached hydrogens (primary N) is 1. The summed E-state index contributed by atoms with van der Waals surface area (Å²) >= 11 is 0. The first-order chi connectivity index (χ1) is 6.84. The van der Waals surface area contributed by atoms with Crippen LogP contribution in [0.5, 0.6) is 0 Å². The van der Waals surface area contributed by atoms with Gasteiger partial charge in [-0.3, -0.25) is 4.98 Å². The molecule has 0 aromatic carbocycles. The molecule has 1 rings (SSSR count). The van der Waals surface area contributed by atoms with Crippen molar-refractivity contribution in [2.75, 3.05) is 0 Å². The molecule has 0 aliphatic carbocycles. The number of halogens is 5. The molecule has 7 heteroatoms. The summed E-state index contributed by atoms with van der Waals surface area (Å²) in [7, 11) is 0. The van der Waals surface area contributed by atoms with Gasteiger partial charge in [0, 0.05) is 11.8 Å². The summed E-state index contributed by atoms with van der Waals surface area (Å²) in [6.07, 6.45) is -6.96. The fourth-order valence-electron chi connectivity index (χ4n) is 1.06. The quantitative estimate of drug-likeness (QED) is 0.786. The Labute approximate surface area is 81.9 Å². The Kier molecular flexibility index (Phi) is 3.23. The largest absolute Gasteiger partial charge is 0.433 e. The smallest absolute Gasteiger partial charge is 0.319 e. The highest BCUT2D eigenvalue weighted by molar-refractivity contribution is 5.26. The Morgan fingerprint density at radius 3 is 2.33 bits per heavy atom. The molecular formula is C8H7F5N2. The Bertz CT molecular complexity index is 336. The molecule has 1 unspecified atom stereocenters. The van der Waals surface area contributed by atoms with Gasteiger partial charge in [0.2, 0.25) is 0 Å². The van der Waals surface area contributed by atoms with Crippen LogP contribution < -0.4 is 5.73 Å². The first kappa shape index (κ1) is 11.8. The summed E-state index contributed by atoms with van der Waals surface area (Å²) in [5.41, 5.74) is 2.89. The highest BCUT2D eigenvalue weighted by Crippen LogP contribution is 2.33. The van der Waals surface area contributed by atoms with Crippen molar-refractivity contribution in [1.82, 2.24) is 4.98 Å². The van der Waals surface area contributed by atoms with Gasteiger partial charge in [0.05, 0.1) is 6.04 Å². The lowest BCUT2D eigenvalue weighted by Gasteiger charge is -2.16. The van der Waals surface area contributed by atoms with Crippen molar-refractivity contribution in [1.29, 1.82) is 0 Å². The van der Waals surface area contributed by atoms with Crippen molar-refractivity contribution < 1.29 is 22.0 Å². The number of pyridine rings is 1. The lowest BCUT2D eigenvalue weighted by Crippen LogP contribution is -2.24. The summed E-state index contributed by atoms with van der Waals surface area (Å²) < 4.78 is 61.3. The van der Waals surface area contributed by atoms with E-state index in [2.05, 4.69) is 4.98 Å². The molecule has 0 saturated heterocycles. The molecule has 0 spiro atoms. The molecule has 1 heterocycles. The number of alkyl halides is 5. The lowest BCUT2D eigenvalue weighted by atomic mass is 10.1. The summed E-state index contributed by atoms with van der Waals surface area (Å²) in [4.78, 5) is 3.02. The molecule has 84 valence electrons. The van der Waals surface area contributed by atoms with E-state index in [1.165, 1.54) is 0 Å². The maximum atomic E-state index is 12.3. The van der Waals surface area contributed by atoms with Crippen molar-refractivity contribution in [3.05, 3.63) is 29.6 Å². The third-order valence-electron chi connectivity index (χ3n) is 1.74. The highest BCUT2D eigenvalue weighted by Gasteiger charge is 2.37. The topological polar surface area (TPSA) is 38.9 Å². The van der Waals surface area contributed by atoms with Gasteiger partial charge in [-0.15, -0.1) is 0 Å². The highest BCUT2D eigenvalue weighted by atomic mass is 19.4. The second kappa shape index (κ2) is 4.09. The fourth-order valence-corrected chi connectivity index (χ4v) is 1.06. The maximum absolute atomic E-state index is 12.3. The molecule has 0 bridgehead atoms. The van der Waals surface area contributed by atoms with Gasteiger partial charge < -0.3 is 5.73 Å². The standard InChI is InChI=1S/C8H7F5N2/c9-7(10)5(14)4-2-1-3-15-6(4)8(11,12)13/h1-3,5,7H,14H2. The first-order valence-electron chi connectivity index (χ1n) is 3.90. The fraction of sp³-hybridized carbons (Fsp3) is 0.375. The van der Waals surface area contributed by atoms with Crippen LogP contribution in [0.4, 0.5) is 22.0 Å². The van der Waals surface area contributed by atoms with Gasteiger partial charge in [-0.25, -0.2) is 8.78 Å². The number of hydrogen-bond donors (Lipinski definition) is 1. The average Bonchev–Trinajstić information content (AvgIpc) is 2.15. The van der Waals surface area contributed by atoms with Crippen LogP contribution in [0.25, 0.3) is 0 Å². The Morgan fingerprint density at radius 1 is 1.27 bits per heavy atom. The van der Waals surface area contributed by atoms with Gasteiger partial charge in [-0.2, -0.15) is 13.2 Å². The molecule has 0 amide bonds. The van der Waals surface area contributed by atoms with E-state index in [4.69, 9.17) is 5.73 Å². The molecule has 0 fully saturated rings. The lowest BCUT2D eigenvalue weighted by molar-refractivity contribution is -0.142. The van der Waals surface area contributed by atoms with Crippen molar-refractivity contribution in [2.24, 2.45) is 5.73 Å². The molecular weight excluding hydrogens is 219 g/mol. The van der Waals surface area contributed by atoms with E-state index in [0.29, 0.717) is 0 Å². The minimum Gasteiger partial charge on any atom is -0.319 e. The maximum Gasteiger partial charge on any atom is 0.433 e. The Balaban J connectivity index is 3.18. The van der Waals surface area contributed by atoms with Crippen LogP contribution in [0.15, 0.2) is 18.3 Å². The third-order valence-corrected chi connectivity index (χ3v) is 1.74. The number of aromatic nitrogens is 1. The number of nitrogens with zero attached hydrogens (tertiary/aromatic N) is 1. The van der Waals surface area contributed by atoms with E-state index in [-0.39, 0.29) is 0 Å². The van der Waals surface area contributed by atoms with Crippen LogP contribution in [0.3, 0.4) is 0 Å². The van der Waals surface area contributed by atoms with E-state index in [1.807, 2.05) is 0 Å². The molecule has 0 saturated carbocycles. The van der Waals surface area contributed by atoms with Crippen LogP contribution >= 0.6 is 0 Å². The number of rotatable bonds is 2. The van der Waals surface area contributed by atoms with Crippen LogP contribution in [0.2, 0.25) is 0 Å². The molecule has 1 aromatic rings. The molecule has 0 radical (unpaired) electrons. The first-order valence-corrected chi connectivity index (χ1v) is 3.90. The van der Waals surface area contributed by atoms with Crippen LogP contribution in [0, 0.1) is 0 Å². The van der Waals surface area contributed by atoms with Crippen LogP contribution in [-0.2, 0) is 6.18 Å². The monoisotopic (exact) mass is 226 g/mol. The van der Waals surface area contributed by atoms with E-state index in [1.54, 1.807) is 0 Å². The zero-order valence-electron chi connectivity index (χ0n) is 7.30. The van der Waals surface area contributed by atoms with Gasteiger partial charge in [-0.1, -0.05) is 6.07 Å². The molecule has 15 heavy (non-hydrogen) atoms. The van der Waals surface area contributed by atoms with Gasteiger partial charge in [-0.05, 0) is 6.07 Å². The average molecular weight is 226 g/mol. The minimum absolute atomic E-state index is 0.694. The molecule has 2 N–H and O–H groups in total. The van der Waals surface area contributed by atoms with Crippen molar-refractivity contribution in [3.63, 3.8) is 0 Å². The second-order valence-electron chi connectivity index (χ2n) is 2.80. The zero-order valence-corrected chi connectivity index (χ0v) is 7.30. The van der Waals surface area contributed by atoms with Crippen molar-refractivity contribution in [2.45, 2.75) is 18.6 Å². The summed E-state index contributed by atoms with van der Waals surface area (Å²) in [6, 6.07) is 0.0507. The minimum atomic E-state index is -4.77. The number of hydrogen-bond acceptors (Lipinski definition) is 2. The molecule has 1 atom stereocenters. The predicted octanol–water partition coefficient (Wildman–Crippen LogP) is 2.37. The van der Waals surface area contributed by atoms with Crippen molar-refractivity contribution in [3.8, 4) is 0 Å². The molecule has 0 aliphatic heterocycles. The zero-order chi connectivity index (χ0) is 11.6. The Hall–Kier alpha value is -1.24. The second-order valence-corrected chi connectivity index (χ2v) is 2.80. The summed E-state index contributed by atoms with van der Waals surface area (Å²) in [5, 5.41) is 0.